The summed E-state index contributed by atoms with van der Waals surface area (Å²) in [7, 11) is 5.56. The van der Waals surface area contributed by atoms with E-state index in [-0.39, 0.29) is 30.0 Å². The maximum absolute atomic E-state index is 5.59. The average molecular weight is 576 g/mol. The first-order valence-corrected chi connectivity index (χ1v) is 11.9. The van der Waals surface area contributed by atoms with Crippen molar-refractivity contribution in [2.45, 2.75) is 25.8 Å². The van der Waals surface area contributed by atoms with E-state index in [1.807, 2.05) is 6.07 Å². The largest absolute Gasteiger partial charge is 0.493 e. The van der Waals surface area contributed by atoms with Gasteiger partial charge in [0, 0.05) is 32.7 Å². The predicted octanol–water partition coefficient (Wildman–Crippen LogP) is 2.59. The molecule has 0 amide bonds. The highest BCUT2D eigenvalue weighted by molar-refractivity contribution is 14.0. The Balaban J connectivity index is 0.00000385. The summed E-state index contributed by atoms with van der Waals surface area (Å²) in [6.45, 7) is 10.2. The van der Waals surface area contributed by atoms with Crippen LogP contribution in [0, 0.1) is 5.92 Å². The van der Waals surface area contributed by atoms with Crippen molar-refractivity contribution >= 4 is 29.9 Å². The SMILES string of the molecule is CCNC(=NCC(c1ccc(OC)c(OC)c1)N1CCOCC1)NCC1CCCN(C)C1.I. The summed E-state index contributed by atoms with van der Waals surface area (Å²) in [5.41, 5.74) is 1.18. The summed E-state index contributed by atoms with van der Waals surface area (Å²) < 4.78 is 16.6. The van der Waals surface area contributed by atoms with Crippen LogP contribution in [0.4, 0.5) is 0 Å². The number of guanidine groups is 1. The van der Waals surface area contributed by atoms with E-state index >= 15 is 0 Å². The topological polar surface area (TPSA) is 70.6 Å². The molecule has 188 valence electrons. The Morgan fingerprint density at radius 3 is 2.58 bits per heavy atom. The first kappa shape index (κ1) is 27.9. The Labute approximate surface area is 216 Å². The number of aliphatic imine (C=N–C) groups is 1. The molecule has 2 saturated heterocycles. The fraction of sp³-hybridized carbons (Fsp3) is 0.708. The van der Waals surface area contributed by atoms with E-state index < -0.39 is 0 Å². The Hall–Kier alpha value is -1.30. The smallest absolute Gasteiger partial charge is 0.191 e. The Morgan fingerprint density at radius 1 is 1.15 bits per heavy atom. The third kappa shape index (κ3) is 8.45. The molecule has 2 N–H and O–H groups in total. The zero-order chi connectivity index (χ0) is 22.8. The van der Waals surface area contributed by atoms with Gasteiger partial charge in [0.15, 0.2) is 17.5 Å². The predicted molar refractivity (Wildman–Crippen MR) is 144 cm³/mol. The lowest BCUT2D eigenvalue weighted by atomic mass is 9.99. The van der Waals surface area contributed by atoms with Crippen molar-refractivity contribution in [2.75, 3.05) is 80.3 Å². The lowest BCUT2D eigenvalue weighted by Crippen LogP contribution is -2.44. The molecule has 9 heteroatoms. The maximum Gasteiger partial charge on any atom is 0.191 e. The summed E-state index contributed by atoms with van der Waals surface area (Å²) in [6, 6.07) is 6.32. The molecule has 0 spiro atoms. The van der Waals surface area contributed by atoms with Gasteiger partial charge < -0.3 is 29.7 Å². The molecule has 0 radical (unpaired) electrons. The van der Waals surface area contributed by atoms with Gasteiger partial charge in [0.2, 0.25) is 0 Å². The van der Waals surface area contributed by atoms with Crippen LogP contribution in [0.2, 0.25) is 0 Å². The van der Waals surface area contributed by atoms with Crippen molar-refractivity contribution in [3.8, 4) is 11.5 Å². The van der Waals surface area contributed by atoms with Crippen LogP contribution in [0.3, 0.4) is 0 Å². The second kappa shape index (κ2) is 14.9. The summed E-state index contributed by atoms with van der Waals surface area (Å²) in [6.07, 6.45) is 2.55. The van der Waals surface area contributed by atoms with Crippen molar-refractivity contribution in [1.82, 2.24) is 20.4 Å². The molecule has 1 aromatic rings. The lowest BCUT2D eigenvalue weighted by Gasteiger charge is -2.34. The molecule has 33 heavy (non-hydrogen) atoms. The molecule has 2 fully saturated rings. The molecule has 2 heterocycles. The Morgan fingerprint density at radius 2 is 1.91 bits per heavy atom. The number of ether oxygens (including phenoxy) is 3. The van der Waals surface area contributed by atoms with Crippen LogP contribution < -0.4 is 20.1 Å². The van der Waals surface area contributed by atoms with Crippen molar-refractivity contribution in [3.05, 3.63) is 23.8 Å². The molecule has 1 aromatic carbocycles. The minimum atomic E-state index is 0. The first-order valence-electron chi connectivity index (χ1n) is 11.9. The summed E-state index contributed by atoms with van der Waals surface area (Å²) in [4.78, 5) is 9.87. The van der Waals surface area contributed by atoms with Gasteiger partial charge in [-0.25, -0.2) is 0 Å². The van der Waals surface area contributed by atoms with E-state index in [0.717, 1.165) is 63.4 Å². The maximum atomic E-state index is 5.59. The highest BCUT2D eigenvalue weighted by Gasteiger charge is 2.24. The zero-order valence-electron chi connectivity index (χ0n) is 20.6. The number of hydrogen-bond donors (Lipinski definition) is 2. The number of hydrogen-bond acceptors (Lipinski definition) is 6. The van der Waals surface area contributed by atoms with E-state index in [4.69, 9.17) is 19.2 Å². The summed E-state index contributed by atoms with van der Waals surface area (Å²) in [5.74, 6) is 3.05. The number of morpholine rings is 1. The number of nitrogens with one attached hydrogen (secondary N) is 2. The molecule has 8 nitrogen and oxygen atoms in total. The van der Waals surface area contributed by atoms with Gasteiger partial charge >= 0.3 is 0 Å². The normalized spacial score (nSPS) is 21.1. The van der Waals surface area contributed by atoms with Crippen LogP contribution in [-0.2, 0) is 4.74 Å². The molecule has 3 rings (SSSR count). The third-order valence-corrected chi connectivity index (χ3v) is 6.33. The second-order valence-corrected chi connectivity index (χ2v) is 8.65. The molecular formula is C24H42IN5O3. The van der Waals surface area contributed by atoms with Crippen LogP contribution in [-0.4, -0.2) is 96.1 Å². The molecule has 2 aliphatic rings. The fourth-order valence-electron chi connectivity index (χ4n) is 4.58. The number of piperidine rings is 1. The van der Waals surface area contributed by atoms with Gasteiger partial charge in [-0.3, -0.25) is 9.89 Å². The van der Waals surface area contributed by atoms with Crippen molar-refractivity contribution in [3.63, 3.8) is 0 Å². The molecule has 0 aromatic heterocycles. The van der Waals surface area contributed by atoms with Gasteiger partial charge in [0.25, 0.3) is 0 Å². The second-order valence-electron chi connectivity index (χ2n) is 8.65. The molecule has 2 unspecified atom stereocenters. The highest BCUT2D eigenvalue weighted by atomic mass is 127. The third-order valence-electron chi connectivity index (χ3n) is 6.33. The highest BCUT2D eigenvalue weighted by Crippen LogP contribution is 2.32. The summed E-state index contributed by atoms with van der Waals surface area (Å²) >= 11 is 0. The van der Waals surface area contributed by atoms with Gasteiger partial charge in [-0.2, -0.15) is 0 Å². The quantitative estimate of drug-likeness (QED) is 0.267. The van der Waals surface area contributed by atoms with Crippen LogP contribution >= 0.6 is 24.0 Å². The van der Waals surface area contributed by atoms with E-state index in [2.05, 4.69) is 46.5 Å². The van der Waals surface area contributed by atoms with Crippen LogP contribution in [0.1, 0.15) is 31.4 Å². The van der Waals surface area contributed by atoms with Crippen molar-refractivity contribution in [1.29, 1.82) is 0 Å². The molecule has 2 atom stereocenters. The number of halogens is 1. The summed E-state index contributed by atoms with van der Waals surface area (Å²) in [5, 5.41) is 7.01. The first-order chi connectivity index (χ1) is 15.6. The molecular weight excluding hydrogens is 533 g/mol. The Kier molecular flexibility index (Phi) is 12.6. The Bertz CT molecular complexity index is 730. The lowest BCUT2D eigenvalue weighted by molar-refractivity contribution is 0.0179. The standard InChI is InChI=1S/C24H41N5O3.HI/c1-5-25-24(26-16-19-7-6-10-28(2)18-19)27-17-21(29-11-13-32-14-12-29)20-8-9-22(30-3)23(15-20)31-4;/h8-9,15,19,21H,5-7,10-14,16-18H2,1-4H3,(H2,25,26,27);1H. The van der Waals surface area contributed by atoms with Gasteiger partial charge in [-0.1, -0.05) is 6.07 Å². The van der Waals surface area contributed by atoms with Crippen LogP contribution in [0.15, 0.2) is 23.2 Å². The van der Waals surface area contributed by atoms with Gasteiger partial charge in [0.1, 0.15) is 0 Å². The number of benzene rings is 1. The van der Waals surface area contributed by atoms with Gasteiger partial charge in [0.05, 0.1) is 40.0 Å². The minimum Gasteiger partial charge on any atom is -0.493 e. The average Bonchev–Trinajstić information content (AvgIpc) is 2.83. The number of nitrogens with zero attached hydrogens (tertiary/aromatic N) is 3. The monoisotopic (exact) mass is 575 g/mol. The number of likely N-dealkylation sites (tertiary alicyclic amines) is 1. The van der Waals surface area contributed by atoms with Gasteiger partial charge in [-0.05, 0) is 57.0 Å². The van der Waals surface area contributed by atoms with E-state index in [1.165, 1.54) is 24.9 Å². The molecule has 0 saturated carbocycles. The van der Waals surface area contributed by atoms with Crippen LogP contribution in [0.5, 0.6) is 11.5 Å². The zero-order valence-corrected chi connectivity index (χ0v) is 23.0. The number of methoxy groups -OCH3 is 2. The van der Waals surface area contributed by atoms with Crippen molar-refractivity contribution < 1.29 is 14.2 Å². The molecule has 0 aliphatic carbocycles. The van der Waals surface area contributed by atoms with E-state index in [9.17, 15) is 0 Å². The van der Waals surface area contributed by atoms with Gasteiger partial charge in [-0.15, -0.1) is 24.0 Å². The van der Waals surface area contributed by atoms with E-state index in [0.29, 0.717) is 12.5 Å². The van der Waals surface area contributed by atoms with E-state index in [1.54, 1.807) is 14.2 Å². The fourth-order valence-corrected chi connectivity index (χ4v) is 4.58. The number of rotatable bonds is 9. The molecule has 2 aliphatic heterocycles. The minimum absolute atomic E-state index is 0. The molecule has 0 bridgehead atoms. The van der Waals surface area contributed by atoms with Crippen LogP contribution in [0.25, 0.3) is 0 Å². The van der Waals surface area contributed by atoms with Crippen molar-refractivity contribution in [2.24, 2.45) is 10.9 Å².